The number of para-hydroxylation sites is 1. The summed E-state index contributed by atoms with van der Waals surface area (Å²) in [4.78, 5) is 4.23. The lowest BCUT2D eigenvalue weighted by Crippen LogP contribution is -2.28. The van der Waals surface area contributed by atoms with Crippen molar-refractivity contribution >= 4 is 11.0 Å². The minimum Gasteiger partial charge on any atom is -0.456 e. The number of furan rings is 1. The minimum atomic E-state index is -0.383. The molecule has 0 saturated heterocycles. The van der Waals surface area contributed by atoms with Gasteiger partial charge in [-0.3, -0.25) is 10.8 Å². The van der Waals surface area contributed by atoms with Gasteiger partial charge in [-0.25, -0.2) is 9.82 Å². The van der Waals surface area contributed by atoms with Crippen molar-refractivity contribution in [2.45, 2.75) is 13.0 Å². The van der Waals surface area contributed by atoms with Crippen molar-refractivity contribution in [2.24, 2.45) is 5.84 Å². The normalized spacial score (nSPS) is 12.8. The Bertz CT molecular complexity index is 736. The molecule has 0 aliphatic carbocycles. The zero-order chi connectivity index (χ0) is 14.1. The zero-order valence-corrected chi connectivity index (χ0v) is 10.9. The number of nitrogens with two attached hydrogens (primary N) is 1. The number of rotatable bonds is 3. The Morgan fingerprint density at radius 3 is 2.80 bits per heavy atom. The number of hydrogen-bond acceptors (Lipinski definition) is 4. The number of pyridine rings is 1. The van der Waals surface area contributed by atoms with E-state index >= 15 is 0 Å². The van der Waals surface area contributed by atoms with E-state index in [1.54, 1.807) is 24.4 Å². The summed E-state index contributed by atoms with van der Waals surface area (Å²) in [7, 11) is 0. The van der Waals surface area contributed by atoms with E-state index in [-0.39, 0.29) is 17.4 Å². The predicted molar refractivity (Wildman–Crippen MR) is 74.3 cm³/mol. The summed E-state index contributed by atoms with van der Waals surface area (Å²) >= 11 is 0. The molecule has 0 amide bonds. The maximum atomic E-state index is 13.7. The Balaban J connectivity index is 2.07. The van der Waals surface area contributed by atoms with Crippen molar-refractivity contribution in [3.63, 3.8) is 0 Å². The molecule has 1 atom stereocenters. The minimum absolute atomic E-state index is 0.239. The number of halogens is 1. The number of benzene rings is 1. The standard InChI is InChI=1S/C15H14FN3O/c1-9-5-6-11(8-18-9)14(19-17)13-7-10-3-2-4-12(16)15(10)20-13/h2-8,14,19H,17H2,1H3. The van der Waals surface area contributed by atoms with Crippen LogP contribution in [0.25, 0.3) is 11.0 Å². The van der Waals surface area contributed by atoms with Crippen LogP contribution in [0.1, 0.15) is 23.1 Å². The molecule has 3 aromatic rings. The summed E-state index contributed by atoms with van der Waals surface area (Å²) in [5, 5.41) is 0.709. The zero-order valence-electron chi connectivity index (χ0n) is 10.9. The van der Waals surface area contributed by atoms with Crippen LogP contribution in [0.2, 0.25) is 0 Å². The molecule has 0 fully saturated rings. The van der Waals surface area contributed by atoms with E-state index in [1.807, 2.05) is 19.1 Å². The average Bonchev–Trinajstić information content (AvgIpc) is 2.87. The first kappa shape index (κ1) is 12.8. The molecule has 0 saturated carbocycles. The predicted octanol–water partition coefficient (Wildman–Crippen LogP) is 2.83. The molecule has 1 aromatic carbocycles. The SMILES string of the molecule is Cc1ccc(C(NN)c2cc3cccc(F)c3o2)cn1. The maximum Gasteiger partial charge on any atom is 0.169 e. The van der Waals surface area contributed by atoms with Crippen LogP contribution < -0.4 is 11.3 Å². The third-order valence-electron chi connectivity index (χ3n) is 3.23. The fraction of sp³-hybridized carbons (Fsp3) is 0.133. The summed E-state index contributed by atoms with van der Waals surface area (Å²) < 4.78 is 19.3. The third-order valence-corrected chi connectivity index (χ3v) is 3.23. The molecule has 1 unspecified atom stereocenters. The van der Waals surface area contributed by atoms with Crippen LogP contribution in [0.4, 0.5) is 4.39 Å². The number of hydrazine groups is 1. The van der Waals surface area contributed by atoms with Gasteiger partial charge in [-0.05, 0) is 30.7 Å². The van der Waals surface area contributed by atoms with E-state index in [0.717, 1.165) is 11.3 Å². The molecule has 0 bridgehead atoms. The number of aryl methyl sites for hydroxylation is 1. The van der Waals surface area contributed by atoms with Crippen LogP contribution in [0.3, 0.4) is 0 Å². The molecule has 20 heavy (non-hydrogen) atoms. The molecular formula is C15H14FN3O. The van der Waals surface area contributed by atoms with Crippen molar-refractivity contribution in [1.82, 2.24) is 10.4 Å². The fourth-order valence-electron chi connectivity index (χ4n) is 2.18. The van der Waals surface area contributed by atoms with Gasteiger partial charge in [0.05, 0.1) is 0 Å². The van der Waals surface area contributed by atoms with Crippen molar-refractivity contribution in [3.05, 3.63) is 65.4 Å². The Hall–Kier alpha value is -2.24. The third kappa shape index (κ3) is 2.17. The first-order chi connectivity index (χ1) is 9.69. The van der Waals surface area contributed by atoms with Crippen LogP contribution in [0.5, 0.6) is 0 Å². The number of hydrogen-bond donors (Lipinski definition) is 2. The fourth-order valence-corrected chi connectivity index (χ4v) is 2.18. The molecule has 0 radical (unpaired) electrons. The highest BCUT2D eigenvalue weighted by molar-refractivity contribution is 5.78. The summed E-state index contributed by atoms with van der Waals surface area (Å²) in [6.07, 6.45) is 1.73. The lowest BCUT2D eigenvalue weighted by molar-refractivity contribution is 0.464. The quantitative estimate of drug-likeness (QED) is 0.568. The second-order valence-corrected chi connectivity index (χ2v) is 4.64. The van der Waals surface area contributed by atoms with E-state index < -0.39 is 0 Å². The average molecular weight is 271 g/mol. The number of nitrogens with one attached hydrogen (secondary N) is 1. The van der Waals surface area contributed by atoms with E-state index in [4.69, 9.17) is 10.3 Å². The molecule has 5 heteroatoms. The van der Waals surface area contributed by atoms with Gasteiger partial charge in [-0.15, -0.1) is 0 Å². The maximum absolute atomic E-state index is 13.7. The van der Waals surface area contributed by atoms with Crippen molar-refractivity contribution in [1.29, 1.82) is 0 Å². The monoisotopic (exact) mass is 271 g/mol. The summed E-state index contributed by atoms with van der Waals surface area (Å²) in [6, 6.07) is 10.0. The van der Waals surface area contributed by atoms with Crippen LogP contribution in [0.15, 0.2) is 47.0 Å². The van der Waals surface area contributed by atoms with E-state index in [9.17, 15) is 4.39 Å². The van der Waals surface area contributed by atoms with Gasteiger partial charge in [0, 0.05) is 17.3 Å². The van der Waals surface area contributed by atoms with Crippen LogP contribution in [0, 0.1) is 12.7 Å². The first-order valence-corrected chi connectivity index (χ1v) is 6.25. The molecular weight excluding hydrogens is 257 g/mol. The lowest BCUT2D eigenvalue weighted by atomic mass is 10.1. The lowest BCUT2D eigenvalue weighted by Gasteiger charge is -2.13. The van der Waals surface area contributed by atoms with Gasteiger partial charge in [0.2, 0.25) is 0 Å². The largest absolute Gasteiger partial charge is 0.456 e. The molecule has 0 aliphatic rings. The number of aromatic nitrogens is 1. The highest BCUT2D eigenvalue weighted by atomic mass is 19.1. The summed E-state index contributed by atoms with van der Waals surface area (Å²) in [5.41, 5.74) is 4.69. The number of fused-ring (bicyclic) bond motifs is 1. The van der Waals surface area contributed by atoms with Gasteiger partial charge in [-0.1, -0.05) is 18.2 Å². The second-order valence-electron chi connectivity index (χ2n) is 4.64. The smallest absolute Gasteiger partial charge is 0.169 e. The van der Waals surface area contributed by atoms with E-state index in [1.165, 1.54) is 6.07 Å². The molecule has 2 aromatic heterocycles. The Kier molecular flexibility index (Phi) is 3.22. The number of nitrogens with zero attached hydrogens (tertiary/aromatic N) is 1. The molecule has 3 rings (SSSR count). The van der Waals surface area contributed by atoms with Gasteiger partial charge in [-0.2, -0.15) is 0 Å². The van der Waals surface area contributed by atoms with Crippen molar-refractivity contribution in [3.8, 4) is 0 Å². The Labute approximate surface area is 115 Å². The molecule has 0 aliphatic heterocycles. The highest BCUT2D eigenvalue weighted by Gasteiger charge is 2.18. The first-order valence-electron chi connectivity index (χ1n) is 6.25. The van der Waals surface area contributed by atoms with Crippen LogP contribution in [-0.2, 0) is 0 Å². The van der Waals surface area contributed by atoms with Gasteiger partial charge < -0.3 is 4.42 Å². The van der Waals surface area contributed by atoms with Crippen molar-refractivity contribution in [2.75, 3.05) is 0 Å². The van der Waals surface area contributed by atoms with Gasteiger partial charge in [0.15, 0.2) is 11.4 Å². The van der Waals surface area contributed by atoms with Gasteiger partial charge in [0.1, 0.15) is 11.8 Å². The van der Waals surface area contributed by atoms with Crippen molar-refractivity contribution < 1.29 is 8.81 Å². The van der Waals surface area contributed by atoms with Gasteiger partial charge in [0.25, 0.3) is 0 Å². The molecule has 4 nitrogen and oxygen atoms in total. The van der Waals surface area contributed by atoms with Crippen LogP contribution in [-0.4, -0.2) is 4.98 Å². The molecule has 3 N–H and O–H groups in total. The Morgan fingerprint density at radius 1 is 1.30 bits per heavy atom. The summed E-state index contributed by atoms with van der Waals surface area (Å²) in [6.45, 7) is 1.91. The van der Waals surface area contributed by atoms with E-state index in [0.29, 0.717) is 11.1 Å². The van der Waals surface area contributed by atoms with E-state index in [2.05, 4.69) is 10.4 Å². The highest BCUT2D eigenvalue weighted by Crippen LogP contribution is 2.28. The summed E-state index contributed by atoms with van der Waals surface area (Å²) in [5.74, 6) is 5.77. The van der Waals surface area contributed by atoms with Gasteiger partial charge >= 0.3 is 0 Å². The van der Waals surface area contributed by atoms with Crippen LogP contribution >= 0.6 is 0 Å². The topological polar surface area (TPSA) is 64.1 Å². The molecule has 102 valence electrons. The Morgan fingerprint density at radius 2 is 2.15 bits per heavy atom. The second kappa shape index (κ2) is 5.03. The molecule has 2 heterocycles. The molecule has 0 spiro atoms.